The monoisotopic (exact) mass is 961 g/mol. The largest absolute Gasteiger partial charge is 0.508 e. The lowest BCUT2D eigenvalue weighted by Crippen LogP contribution is -2.62. The van der Waals surface area contributed by atoms with Crippen LogP contribution in [0.2, 0.25) is 0 Å². The molecule has 0 spiro atoms. The number of benzene rings is 2. The van der Waals surface area contributed by atoms with E-state index in [2.05, 4.69) is 54.3 Å². The summed E-state index contributed by atoms with van der Waals surface area (Å²) in [5.74, 6) is -2.19. The number of pyridine rings is 1. The number of carbonyl (C=O) groups is 5. The fraction of sp³-hybridized carbons (Fsp3) is 0.519. The molecule has 2 saturated heterocycles. The molecule has 5 heterocycles. The fourth-order valence-electron chi connectivity index (χ4n) is 10.2. The number of hydrazine groups is 1. The van der Waals surface area contributed by atoms with E-state index in [1.54, 1.807) is 47.4 Å². The van der Waals surface area contributed by atoms with Crippen molar-refractivity contribution in [2.24, 2.45) is 11.3 Å². The van der Waals surface area contributed by atoms with Gasteiger partial charge in [0.05, 0.1) is 24.1 Å². The van der Waals surface area contributed by atoms with Crippen molar-refractivity contribution in [2.45, 2.75) is 111 Å². The molecule has 1 unspecified atom stereocenters. The number of hydrogen-bond acceptors (Lipinski definition) is 11. The smallest absolute Gasteiger partial charge is 0.324 e. The molecular formula is C54H72N8O8. The molecule has 376 valence electrons. The number of aryl methyl sites for hydroxylation is 1. The van der Waals surface area contributed by atoms with Gasteiger partial charge in [0.1, 0.15) is 23.9 Å². The van der Waals surface area contributed by atoms with Crippen molar-refractivity contribution in [1.82, 2.24) is 40.0 Å². The number of aromatic hydroxyl groups is 1. The average Bonchev–Trinajstić information content (AvgIpc) is 3.62. The number of nitrogens with zero attached hydrogens (tertiary/aromatic N) is 6. The lowest BCUT2D eigenvalue weighted by atomic mass is 9.84. The molecule has 7 rings (SSSR count). The number of cyclic esters (lactones) is 1. The first kappa shape index (κ1) is 51.7. The molecule has 16 nitrogen and oxygen atoms in total. The molecule has 3 N–H and O–H groups in total. The Morgan fingerprint density at radius 3 is 2.54 bits per heavy atom. The Balaban J connectivity index is 1.27. The summed E-state index contributed by atoms with van der Waals surface area (Å²) in [6, 6.07) is 12.6. The van der Waals surface area contributed by atoms with E-state index < -0.39 is 41.3 Å². The molecule has 4 amide bonds. The third kappa shape index (κ3) is 11.7. The highest BCUT2D eigenvalue weighted by molar-refractivity contribution is 5.96. The number of phenolic OH excluding ortho intramolecular Hbond substituents is 1. The lowest BCUT2D eigenvalue weighted by Gasteiger charge is -2.38. The summed E-state index contributed by atoms with van der Waals surface area (Å²) >= 11 is 0. The maximum atomic E-state index is 14.8. The molecule has 2 aromatic heterocycles. The summed E-state index contributed by atoms with van der Waals surface area (Å²) in [6.45, 7) is 14.5. The number of hydrogen-bond donors (Lipinski definition) is 3. The number of carbonyl (C=O) groups excluding carboxylic acids is 5. The number of ether oxygens (including phenoxy) is 2. The molecular weight excluding hydrogens is 889 g/mol. The van der Waals surface area contributed by atoms with Crippen LogP contribution >= 0.6 is 0 Å². The Hall–Kier alpha value is -6.10. The highest BCUT2D eigenvalue weighted by Gasteiger charge is 2.39. The van der Waals surface area contributed by atoms with Crippen LogP contribution in [-0.4, -0.2) is 143 Å². The second kappa shape index (κ2) is 22.3. The van der Waals surface area contributed by atoms with Crippen LogP contribution in [0.3, 0.4) is 0 Å². The Morgan fingerprint density at radius 2 is 1.81 bits per heavy atom. The van der Waals surface area contributed by atoms with Crippen LogP contribution in [0.25, 0.3) is 33.3 Å². The topological polar surface area (TPSA) is 179 Å². The van der Waals surface area contributed by atoms with E-state index in [1.807, 2.05) is 58.0 Å². The number of fused-ring (bicyclic) bond motifs is 6. The van der Waals surface area contributed by atoms with Crippen LogP contribution in [-0.2, 0) is 52.8 Å². The number of nitrogens with one attached hydrogen (secondary N) is 2. The predicted molar refractivity (Wildman–Crippen MR) is 269 cm³/mol. The van der Waals surface area contributed by atoms with Crippen molar-refractivity contribution in [1.29, 1.82) is 0 Å². The SMILES string of the molecule is CCn1c(-c2cccnc2[C@H](C)OC)c2c3cc(ccc31)-c1cc(O)cc(c1)C[C@H](NC(=O)C(C(C)C)N1CCCN(C(=O)/C=C/CN(C)C)CCC1=O)C(=O)N1CCC[C@H](N1)C(=O)OCC(C)(C)C2. The molecule has 3 aliphatic rings. The van der Waals surface area contributed by atoms with E-state index in [1.165, 1.54) is 5.01 Å². The van der Waals surface area contributed by atoms with Gasteiger partial charge in [-0.05, 0) is 118 Å². The standard InChI is InChI=1S/C54H72N8O8/c1-10-60-45-19-18-37-31-41(45)42(50(60)40-15-11-21-55-48(40)35(4)69-9)32-54(5,6)33-70-53(68)43-16-12-25-62(57-43)52(67)44(29-36-27-38(37)30-39(63)28-36)56-51(66)49(34(2)3)61-24-14-23-59(26-20-47(61)65)46(64)17-13-22-58(7)8/h11,13,15,17-19,21,27-28,30-31,34-35,43-44,49,57,63H,10,12,14,16,20,22-26,29,32-33H2,1-9H3,(H,56,66)/b17-13+/t35-,43-,44-,49?/m0/s1. The molecule has 3 aliphatic heterocycles. The fourth-order valence-corrected chi connectivity index (χ4v) is 10.2. The van der Waals surface area contributed by atoms with Crippen molar-refractivity contribution in [2.75, 3.05) is 60.5 Å². The van der Waals surface area contributed by atoms with Crippen molar-refractivity contribution >= 4 is 40.5 Å². The first-order chi connectivity index (χ1) is 33.4. The predicted octanol–water partition coefficient (Wildman–Crippen LogP) is 6.05. The summed E-state index contributed by atoms with van der Waals surface area (Å²) in [7, 11) is 5.51. The number of aromatic nitrogens is 2. The van der Waals surface area contributed by atoms with Gasteiger partial charge in [-0.15, -0.1) is 0 Å². The number of rotatable bonds is 11. The van der Waals surface area contributed by atoms with Gasteiger partial charge in [-0.25, -0.2) is 5.43 Å². The first-order valence-electron chi connectivity index (χ1n) is 24.8. The second-order valence-electron chi connectivity index (χ2n) is 20.4. The maximum Gasteiger partial charge on any atom is 0.324 e. The van der Waals surface area contributed by atoms with Gasteiger partial charge in [-0.3, -0.25) is 34.0 Å². The lowest BCUT2D eigenvalue weighted by molar-refractivity contribution is -0.155. The number of phenols is 1. The summed E-state index contributed by atoms with van der Waals surface area (Å²) < 4.78 is 14.2. The number of esters is 1. The molecule has 2 aromatic carbocycles. The maximum absolute atomic E-state index is 14.8. The van der Waals surface area contributed by atoms with Crippen LogP contribution < -0.4 is 10.7 Å². The summed E-state index contributed by atoms with van der Waals surface area (Å²) in [5.41, 5.74) is 9.57. The molecule has 70 heavy (non-hydrogen) atoms. The van der Waals surface area contributed by atoms with Gasteiger partial charge in [-0.2, -0.15) is 0 Å². The van der Waals surface area contributed by atoms with Crippen molar-refractivity contribution < 1.29 is 38.6 Å². The van der Waals surface area contributed by atoms with Gasteiger partial charge in [-0.1, -0.05) is 45.9 Å². The van der Waals surface area contributed by atoms with E-state index in [9.17, 15) is 29.1 Å². The minimum atomic E-state index is -1.16. The minimum absolute atomic E-state index is 0.00402. The van der Waals surface area contributed by atoms with Gasteiger partial charge in [0.25, 0.3) is 5.91 Å². The van der Waals surface area contributed by atoms with Crippen LogP contribution in [0.15, 0.2) is 66.9 Å². The van der Waals surface area contributed by atoms with Gasteiger partial charge in [0.2, 0.25) is 17.7 Å². The number of amides is 4. The molecule has 2 fully saturated rings. The zero-order valence-electron chi connectivity index (χ0n) is 42.4. The third-order valence-electron chi connectivity index (χ3n) is 13.7. The van der Waals surface area contributed by atoms with Crippen LogP contribution in [0, 0.1) is 11.3 Å². The first-order valence-corrected chi connectivity index (χ1v) is 24.8. The summed E-state index contributed by atoms with van der Waals surface area (Å²) in [5, 5.41) is 16.8. The van der Waals surface area contributed by atoms with Gasteiger partial charge < -0.3 is 39.2 Å². The van der Waals surface area contributed by atoms with E-state index in [0.29, 0.717) is 50.9 Å². The highest BCUT2D eigenvalue weighted by atomic mass is 16.5. The van der Waals surface area contributed by atoms with Gasteiger partial charge in [0.15, 0.2) is 0 Å². The van der Waals surface area contributed by atoms with E-state index in [-0.39, 0.29) is 68.7 Å². The molecule has 0 aliphatic carbocycles. The molecule has 4 atom stereocenters. The number of likely N-dealkylation sites (N-methyl/N-ethyl adjacent to an activating group) is 1. The van der Waals surface area contributed by atoms with Crippen molar-refractivity contribution in [3.63, 3.8) is 0 Å². The van der Waals surface area contributed by atoms with E-state index >= 15 is 0 Å². The molecule has 16 heteroatoms. The Bertz CT molecular complexity index is 2600. The number of methoxy groups -OCH3 is 1. The minimum Gasteiger partial charge on any atom is -0.508 e. The zero-order valence-corrected chi connectivity index (χ0v) is 42.4. The summed E-state index contributed by atoms with van der Waals surface area (Å²) in [4.78, 5) is 80.5. The Labute approximate surface area is 412 Å². The Morgan fingerprint density at radius 1 is 1.03 bits per heavy atom. The van der Waals surface area contributed by atoms with Crippen LogP contribution in [0.5, 0.6) is 5.75 Å². The molecule has 0 radical (unpaired) electrons. The van der Waals surface area contributed by atoms with Crippen LogP contribution in [0.1, 0.15) is 90.2 Å². The molecule has 0 saturated carbocycles. The Kier molecular flexibility index (Phi) is 16.5. The normalized spacial score (nSPS) is 20.3. The highest BCUT2D eigenvalue weighted by Crippen LogP contribution is 2.42. The average molecular weight is 961 g/mol. The van der Waals surface area contributed by atoms with Crippen molar-refractivity contribution in [3.05, 3.63) is 83.7 Å². The van der Waals surface area contributed by atoms with Gasteiger partial charge in [0, 0.05) is 93.4 Å². The quantitative estimate of drug-likeness (QED) is 0.118. The van der Waals surface area contributed by atoms with E-state index in [4.69, 9.17) is 14.5 Å². The van der Waals surface area contributed by atoms with Crippen molar-refractivity contribution in [3.8, 4) is 28.1 Å². The van der Waals surface area contributed by atoms with Crippen LogP contribution in [0.4, 0.5) is 0 Å². The zero-order chi connectivity index (χ0) is 50.4. The molecule has 6 bridgehead atoms. The summed E-state index contributed by atoms with van der Waals surface area (Å²) in [6.07, 6.45) is 6.83. The van der Waals surface area contributed by atoms with E-state index in [0.717, 1.165) is 44.5 Å². The third-order valence-corrected chi connectivity index (χ3v) is 13.7. The van der Waals surface area contributed by atoms with Gasteiger partial charge >= 0.3 is 5.97 Å². The second-order valence-corrected chi connectivity index (χ2v) is 20.4. The molecule has 4 aromatic rings.